The van der Waals surface area contributed by atoms with Gasteiger partial charge in [-0.1, -0.05) is 37.3 Å². The normalized spacial score (nSPS) is 12.0. The van der Waals surface area contributed by atoms with E-state index in [2.05, 4.69) is 10.4 Å². The van der Waals surface area contributed by atoms with Crippen LogP contribution >= 0.6 is 0 Å². The maximum absolute atomic E-state index is 12.4. The van der Waals surface area contributed by atoms with Crippen LogP contribution in [0.4, 0.5) is 0 Å². The summed E-state index contributed by atoms with van der Waals surface area (Å²) in [5.41, 5.74) is 0.976. The zero-order chi connectivity index (χ0) is 16.9. The van der Waals surface area contributed by atoms with Gasteiger partial charge in [0.2, 0.25) is 5.91 Å². The number of nitrogens with zero attached hydrogens (tertiary/aromatic N) is 2. The summed E-state index contributed by atoms with van der Waals surface area (Å²) in [5.74, 6) is -0.587. The van der Waals surface area contributed by atoms with Crippen LogP contribution in [0.15, 0.2) is 62.4 Å². The molecule has 0 saturated carbocycles. The molecule has 0 bridgehead atoms. The van der Waals surface area contributed by atoms with E-state index in [1.165, 1.54) is 6.26 Å². The summed E-state index contributed by atoms with van der Waals surface area (Å²) in [5, 5.41) is 6.90. The van der Waals surface area contributed by atoms with Crippen molar-refractivity contribution in [2.45, 2.75) is 25.9 Å². The van der Waals surface area contributed by atoms with Crippen LogP contribution < -0.4 is 11.1 Å². The van der Waals surface area contributed by atoms with E-state index < -0.39 is 11.8 Å². The van der Waals surface area contributed by atoms with Crippen molar-refractivity contribution in [3.05, 3.63) is 64.8 Å². The molecule has 24 heavy (non-hydrogen) atoms. The molecule has 1 amide bonds. The van der Waals surface area contributed by atoms with Gasteiger partial charge >= 0.3 is 5.76 Å². The molecule has 0 aliphatic rings. The number of rotatable bonds is 6. The molecule has 1 atom stereocenters. The van der Waals surface area contributed by atoms with Gasteiger partial charge in [0.1, 0.15) is 6.04 Å². The van der Waals surface area contributed by atoms with E-state index in [9.17, 15) is 9.59 Å². The molecule has 0 saturated heterocycles. The molecule has 0 fully saturated rings. The molecule has 0 spiro atoms. The van der Waals surface area contributed by atoms with Crippen molar-refractivity contribution < 1.29 is 13.6 Å². The number of benzene rings is 1. The van der Waals surface area contributed by atoms with Crippen molar-refractivity contribution in [3.63, 3.8) is 0 Å². The zero-order valence-electron chi connectivity index (χ0n) is 13.1. The van der Waals surface area contributed by atoms with Crippen LogP contribution in [0.2, 0.25) is 0 Å². The molecule has 124 valence electrons. The second kappa shape index (κ2) is 6.99. The van der Waals surface area contributed by atoms with Crippen LogP contribution in [0.1, 0.15) is 24.9 Å². The predicted octanol–water partition coefficient (Wildman–Crippen LogP) is 2.36. The fraction of sp³-hybridized carbons (Fsp3) is 0.235. The van der Waals surface area contributed by atoms with Crippen molar-refractivity contribution in [2.75, 3.05) is 0 Å². The molecule has 1 aromatic carbocycles. The van der Waals surface area contributed by atoms with E-state index in [-0.39, 0.29) is 11.8 Å². The lowest BCUT2D eigenvalue weighted by atomic mass is 10.2. The second-order valence-corrected chi connectivity index (χ2v) is 5.22. The van der Waals surface area contributed by atoms with E-state index in [0.29, 0.717) is 18.7 Å². The first-order chi connectivity index (χ1) is 11.7. The highest BCUT2D eigenvalue weighted by Gasteiger charge is 2.24. The number of amides is 1. The fourth-order valence-corrected chi connectivity index (χ4v) is 2.36. The molecule has 1 unspecified atom stereocenters. The number of nitrogens with one attached hydrogen (secondary N) is 1. The van der Waals surface area contributed by atoms with Crippen molar-refractivity contribution in [1.29, 1.82) is 0 Å². The van der Waals surface area contributed by atoms with E-state index in [1.807, 2.05) is 30.3 Å². The van der Waals surface area contributed by atoms with Crippen molar-refractivity contribution >= 4 is 5.91 Å². The average Bonchev–Trinajstić information content (AvgIpc) is 3.25. The topological polar surface area (TPSA) is 90.3 Å². The Morgan fingerprint density at radius 2 is 2.04 bits per heavy atom. The molecule has 2 heterocycles. The highest BCUT2D eigenvalue weighted by Crippen LogP contribution is 2.17. The van der Waals surface area contributed by atoms with Crippen molar-refractivity contribution in [2.24, 2.45) is 0 Å². The number of carbonyl (C=O) groups excluding carboxylic acids is 1. The predicted molar refractivity (Wildman–Crippen MR) is 86.1 cm³/mol. The first-order valence-corrected chi connectivity index (χ1v) is 7.64. The van der Waals surface area contributed by atoms with Crippen LogP contribution in [0, 0.1) is 0 Å². The number of furan rings is 1. The Hall–Kier alpha value is -3.09. The van der Waals surface area contributed by atoms with Gasteiger partial charge in [-0.15, -0.1) is 5.10 Å². The zero-order valence-corrected chi connectivity index (χ0v) is 13.1. The SMILES string of the molecule is CCC(C(=O)NCc1ccccc1)n1nc(-c2ccco2)oc1=O. The molecule has 7 nitrogen and oxygen atoms in total. The van der Waals surface area contributed by atoms with Gasteiger partial charge in [0.05, 0.1) is 6.26 Å². The molecular weight excluding hydrogens is 310 g/mol. The third kappa shape index (κ3) is 3.29. The summed E-state index contributed by atoms with van der Waals surface area (Å²) in [6, 6.07) is 12.1. The van der Waals surface area contributed by atoms with E-state index in [0.717, 1.165) is 10.2 Å². The summed E-state index contributed by atoms with van der Waals surface area (Å²) in [4.78, 5) is 24.4. The van der Waals surface area contributed by atoms with Crippen LogP contribution in [-0.4, -0.2) is 15.7 Å². The van der Waals surface area contributed by atoms with Gasteiger partial charge < -0.3 is 14.2 Å². The average molecular weight is 327 g/mol. The molecule has 0 radical (unpaired) electrons. The summed E-state index contributed by atoms with van der Waals surface area (Å²) in [6.45, 7) is 2.19. The van der Waals surface area contributed by atoms with Gasteiger partial charge in [-0.25, -0.2) is 4.79 Å². The minimum Gasteiger partial charge on any atom is -0.459 e. The highest BCUT2D eigenvalue weighted by molar-refractivity contribution is 5.80. The van der Waals surface area contributed by atoms with Crippen LogP contribution in [0.25, 0.3) is 11.7 Å². The molecule has 2 aromatic heterocycles. The van der Waals surface area contributed by atoms with Crippen LogP contribution in [0.5, 0.6) is 0 Å². The molecule has 3 aromatic rings. The summed E-state index contributed by atoms with van der Waals surface area (Å²) in [7, 11) is 0. The Morgan fingerprint density at radius 3 is 2.71 bits per heavy atom. The number of aromatic nitrogens is 2. The smallest absolute Gasteiger partial charge is 0.438 e. The Labute approximate surface area is 137 Å². The lowest BCUT2D eigenvalue weighted by Gasteiger charge is -2.13. The van der Waals surface area contributed by atoms with E-state index in [4.69, 9.17) is 8.83 Å². The van der Waals surface area contributed by atoms with E-state index in [1.54, 1.807) is 19.1 Å². The number of hydrogen-bond donors (Lipinski definition) is 1. The van der Waals surface area contributed by atoms with Gasteiger partial charge in [-0.3, -0.25) is 4.79 Å². The second-order valence-electron chi connectivity index (χ2n) is 5.22. The van der Waals surface area contributed by atoms with Gasteiger partial charge in [0.15, 0.2) is 5.76 Å². The quantitative estimate of drug-likeness (QED) is 0.750. The van der Waals surface area contributed by atoms with Gasteiger partial charge in [0, 0.05) is 6.54 Å². The van der Waals surface area contributed by atoms with Crippen LogP contribution in [-0.2, 0) is 11.3 Å². The highest BCUT2D eigenvalue weighted by atomic mass is 16.4. The van der Waals surface area contributed by atoms with E-state index >= 15 is 0 Å². The molecule has 1 N–H and O–H groups in total. The Balaban J connectivity index is 1.76. The van der Waals surface area contributed by atoms with Gasteiger partial charge in [-0.2, -0.15) is 4.68 Å². The van der Waals surface area contributed by atoms with Crippen LogP contribution in [0.3, 0.4) is 0 Å². The summed E-state index contributed by atoms with van der Waals surface area (Å²) >= 11 is 0. The fourth-order valence-electron chi connectivity index (χ4n) is 2.36. The summed E-state index contributed by atoms with van der Waals surface area (Å²) < 4.78 is 11.3. The minimum atomic E-state index is -0.742. The number of hydrogen-bond acceptors (Lipinski definition) is 5. The molecule has 0 aliphatic heterocycles. The maximum atomic E-state index is 12.4. The van der Waals surface area contributed by atoms with Gasteiger partial charge in [-0.05, 0) is 24.1 Å². The lowest BCUT2D eigenvalue weighted by Crippen LogP contribution is -2.36. The Morgan fingerprint density at radius 1 is 1.25 bits per heavy atom. The Kier molecular flexibility index (Phi) is 4.60. The molecule has 7 heteroatoms. The standard InChI is InChI=1S/C17H17N3O4/c1-2-13(15(21)18-11-12-7-4-3-5-8-12)20-17(22)24-16(19-20)14-9-6-10-23-14/h3-10,13H,2,11H2,1H3,(H,18,21). The first kappa shape index (κ1) is 15.8. The number of carbonyl (C=O) groups is 1. The third-order valence-electron chi connectivity index (χ3n) is 3.60. The van der Waals surface area contributed by atoms with Crippen molar-refractivity contribution in [3.8, 4) is 11.7 Å². The van der Waals surface area contributed by atoms with Crippen molar-refractivity contribution in [1.82, 2.24) is 15.1 Å². The molecule has 3 rings (SSSR count). The van der Waals surface area contributed by atoms with Gasteiger partial charge in [0.25, 0.3) is 5.89 Å². The minimum absolute atomic E-state index is 0.0549. The Bertz CT molecular complexity index is 850. The monoisotopic (exact) mass is 327 g/mol. The lowest BCUT2D eigenvalue weighted by molar-refractivity contribution is -0.125. The molecular formula is C17H17N3O4. The third-order valence-corrected chi connectivity index (χ3v) is 3.60. The summed E-state index contributed by atoms with van der Waals surface area (Å²) in [6.07, 6.45) is 1.86. The first-order valence-electron chi connectivity index (χ1n) is 7.64. The molecule has 0 aliphatic carbocycles. The largest absolute Gasteiger partial charge is 0.459 e. The maximum Gasteiger partial charge on any atom is 0.438 e.